The first kappa shape index (κ1) is 31.2. The van der Waals surface area contributed by atoms with Gasteiger partial charge in [-0.2, -0.15) is 0 Å². The molecule has 0 saturated carbocycles. The Kier molecular flexibility index (Phi) is 13.6. The maximum Gasteiger partial charge on any atom is 0.326 e. The van der Waals surface area contributed by atoms with Gasteiger partial charge in [0.1, 0.15) is 18.1 Å². The van der Waals surface area contributed by atoms with Crippen LogP contribution >= 0.6 is 0 Å². The topological polar surface area (TPSA) is 274 Å². The first-order chi connectivity index (χ1) is 16.2. The van der Waals surface area contributed by atoms with Gasteiger partial charge in [-0.15, -0.1) is 0 Å². The summed E-state index contributed by atoms with van der Waals surface area (Å²) < 4.78 is 0. The molecule has 0 rings (SSSR count). The van der Waals surface area contributed by atoms with Crippen LogP contribution in [-0.2, 0) is 33.6 Å². The zero-order valence-electron chi connectivity index (χ0n) is 19.6. The number of carbonyl (C=O) groups excluding carboxylic acids is 5. The number of carboxylic acids is 2. The molecule has 0 aliphatic rings. The lowest BCUT2D eigenvalue weighted by molar-refractivity contribution is -0.143. The van der Waals surface area contributed by atoms with E-state index in [0.717, 1.165) is 0 Å². The fourth-order valence-electron chi connectivity index (χ4n) is 2.86. The highest BCUT2D eigenvalue weighted by atomic mass is 16.4. The van der Waals surface area contributed by atoms with Crippen molar-refractivity contribution in [2.45, 2.75) is 76.5 Å². The predicted octanol–water partition coefficient (Wildman–Crippen LogP) is -3.10. The standard InChI is InChI=1S/C20H34N6O9/c1-3-9(2)16(26-17(31)10(21)4-6-13(22)27)19(33)25-12(8-14(23)28)18(32)24-11(20(34)35)5-7-15(29)30/h9-12,16H,3-8,21H2,1-2H3,(H2,22,27)(H2,23,28)(H,24,32)(H,25,33)(H,26,31)(H,29,30)(H,34,35). The number of nitrogens with one attached hydrogen (secondary N) is 3. The van der Waals surface area contributed by atoms with Crippen LogP contribution in [0.3, 0.4) is 0 Å². The summed E-state index contributed by atoms with van der Waals surface area (Å²) in [5.74, 6) is -7.60. The van der Waals surface area contributed by atoms with Gasteiger partial charge in [0.2, 0.25) is 29.5 Å². The number of carboxylic acid groups (broad SMARTS) is 2. The molecule has 5 amide bonds. The van der Waals surface area contributed by atoms with Gasteiger partial charge in [-0.25, -0.2) is 4.79 Å². The molecule has 0 aliphatic heterocycles. The molecule has 0 bridgehead atoms. The second kappa shape index (κ2) is 15.2. The highest BCUT2D eigenvalue weighted by Crippen LogP contribution is 2.10. The summed E-state index contributed by atoms with van der Waals surface area (Å²) >= 11 is 0. The van der Waals surface area contributed by atoms with Crippen LogP contribution in [0.1, 0.15) is 52.4 Å². The molecular weight excluding hydrogens is 468 g/mol. The highest BCUT2D eigenvalue weighted by molar-refractivity contribution is 5.96. The molecule has 0 aromatic rings. The van der Waals surface area contributed by atoms with E-state index in [1.54, 1.807) is 13.8 Å². The minimum absolute atomic E-state index is 0.0599. The molecular formula is C20H34N6O9. The fraction of sp³-hybridized carbons (Fsp3) is 0.650. The lowest BCUT2D eigenvalue weighted by Gasteiger charge is -2.27. The van der Waals surface area contributed by atoms with Crippen LogP contribution in [0.15, 0.2) is 0 Å². The van der Waals surface area contributed by atoms with Crippen molar-refractivity contribution in [2.24, 2.45) is 23.1 Å². The Balaban J connectivity index is 5.56. The molecule has 198 valence electrons. The van der Waals surface area contributed by atoms with E-state index >= 15 is 0 Å². The summed E-state index contributed by atoms with van der Waals surface area (Å²) in [7, 11) is 0. The summed E-state index contributed by atoms with van der Waals surface area (Å²) in [5.41, 5.74) is 15.9. The predicted molar refractivity (Wildman–Crippen MR) is 120 cm³/mol. The third kappa shape index (κ3) is 12.3. The largest absolute Gasteiger partial charge is 0.481 e. The van der Waals surface area contributed by atoms with Crippen LogP contribution < -0.4 is 33.2 Å². The van der Waals surface area contributed by atoms with Crippen molar-refractivity contribution >= 4 is 41.5 Å². The van der Waals surface area contributed by atoms with Gasteiger partial charge in [0.15, 0.2) is 0 Å². The Labute approximate surface area is 201 Å². The average Bonchev–Trinajstić information content (AvgIpc) is 2.76. The molecule has 0 heterocycles. The Hall–Kier alpha value is -3.75. The zero-order chi connectivity index (χ0) is 27.3. The van der Waals surface area contributed by atoms with Crippen molar-refractivity contribution in [3.05, 3.63) is 0 Å². The lowest BCUT2D eigenvalue weighted by Crippen LogP contribution is -2.59. The van der Waals surface area contributed by atoms with Gasteiger partial charge >= 0.3 is 11.9 Å². The van der Waals surface area contributed by atoms with E-state index in [4.69, 9.17) is 22.3 Å². The Morgan fingerprint density at radius 1 is 0.771 bits per heavy atom. The molecule has 5 atom stereocenters. The summed E-state index contributed by atoms with van der Waals surface area (Å²) in [6, 6.07) is -5.53. The van der Waals surface area contributed by atoms with Gasteiger partial charge in [-0.05, 0) is 18.8 Å². The van der Waals surface area contributed by atoms with E-state index in [-0.39, 0.29) is 12.8 Å². The smallest absolute Gasteiger partial charge is 0.326 e. The molecule has 0 saturated heterocycles. The number of nitrogens with two attached hydrogens (primary N) is 3. The monoisotopic (exact) mass is 502 g/mol. The number of aliphatic carboxylic acids is 2. The number of hydrogen-bond acceptors (Lipinski definition) is 8. The minimum atomic E-state index is -1.60. The first-order valence-electron chi connectivity index (χ1n) is 10.9. The molecule has 0 aliphatic carbocycles. The van der Waals surface area contributed by atoms with Gasteiger partial charge in [-0.1, -0.05) is 20.3 Å². The van der Waals surface area contributed by atoms with E-state index < -0.39 is 90.8 Å². The first-order valence-corrected chi connectivity index (χ1v) is 10.9. The lowest BCUT2D eigenvalue weighted by atomic mass is 9.97. The summed E-state index contributed by atoms with van der Waals surface area (Å²) in [4.78, 5) is 82.4. The number of rotatable bonds is 17. The van der Waals surface area contributed by atoms with E-state index in [2.05, 4.69) is 16.0 Å². The Bertz CT molecular complexity index is 819. The normalized spacial score (nSPS) is 14.9. The van der Waals surface area contributed by atoms with Crippen molar-refractivity contribution in [3.63, 3.8) is 0 Å². The quantitative estimate of drug-likeness (QED) is 0.0991. The van der Waals surface area contributed by atoms with Crippen LogP contribution in [0.5, 0.6) is 0 Å². The van der Waals surface area contributed by atoms with Crippen molar-refractivity contribution in [1.29, 1.82) is 0 Å². The van der Waals surface area contributed by atoms with E-state index in [0.29, 0.717) is 6.42 Å². The molecule has 0 radical (unpaired) electrons. The molecule has 5 unspecified atom stereocenters. The fourth-order valence-corrected chi connectivity index (χ4v) is 2.86. The van der Waals surface area contributed by atoms with E-state index in [9.17, 15) is 38.7 Å². The van der Waals surface area contributed by atoms with Crippen LogP contribution in [0, 0.1) is 5.92 Å². The highest BCUT2D eigenvalue weighted by Gasteiger charge is 2.33. The molecule has 0 fully saturated rings. The van der Waals surface area contributed by atoms with Crippen molar-refractivity contribution in [2.75, 3.05) is 0 Å². The summed E-state index contributed by atoms with van der Waals surface area (Å²) in [6.45, 7) is 3.37. The molecule has 0 spiro atoms. The number of primary amides is 2. The van der Waals surface area contributed by atoms with Crippen LogP contribution in [0.25, 0.3) is 0 Å². The third-order valence-electron chi connectivity index (χ3n) is 5.13. The van der Waals surface area contributed by atoms with E-state index in [1.165, 1.54) is 0 Å². The van der Waals surface area contributed by atoms with Crippen LogP contribution in [-0.4, -0.2) is 75.9 Å². The van der Waals surface area contributed by atoms with Crippen molar-refractivity contribution < 1.29 is 43.8 Å². The van der Waals surface area contributed by atoms with Crippen LogP contribution in [0.2, 0.25) is 0 Å². The second-order valence-electron chi connectivity index (χ2n) is 8.05. The number of carbonyl (C=O) groups is 7. The molecule has 11 N–H and O–H groups in total. The summed E-state index contributed by atoms with van der Waals surface area (Å²) in [5, 5.41) is 24.8. The van der Waals surface area contributed by atoms with Gasteiger partial charge < -0.3 is 43.4 Å². The van der Waals surface area contributed by atoms with Gasteiger partial charge in [-0.3, -0.25) is 28.8 Å². The maximum absolute atomic E-state index is 12.9. The minimum Gasteiger partial charge on any atom is -0.481 e. The Morgan fingerprint density at radius 2 is 1.34 bits per heavy atom. The maximum atomic E-state index is 12.9. The third-order valence-corrected chi connectivity index (χ3v) is 5.13. The molecule has 0 aromatic heterocycles. The molecule has 15 heteroatoms. The SMILES string of the molecule is CCC(C)C(NC(=O)C(N)CCC(N)=O)C(=O)NC(CC(N)=O)C(=O)NC(CCC(=O)O)C(=O)O. The van der Waals surface area contributed by atoms with Crippen molar-refractivity contribution in [3.8, 4) is 0 Å². The molecule has 15 nitrogen and oxygen atoms in total. The number of amides is 5. The number of hydrogen-bond donors (Lipinski definition) is 8. The van der Waals surface area contributed by atoms with Crippen molar-refractivity contribution in [1.82, 2.24) is 16.0 Å². The Morgan fingerprint density at radius 3 is 1.80 bits per heavy atom. The summed E-state index contributed by atoms with van der Waals surface area (Å²) in [6.07, 6.45) is -1.48. The molecule has 0 aromatic carbocycles. The zero-order valence-corrected chi connectivity index (χ0v) is 19.6. The molecule has 35 heavy (non-hydrogen) atoms. The van der Waals surface area contributed by atoms with Gasteiger partial charge in [0, 0.05) is 12.8 Å². The second-order valence-corrected chi connectivity index (χ2v) is 8.05. The van der Waals surface area contributed by atoms with Gasteiger partial charge in [0.25, 0.3) is 0 Å². The van der Waals surface area contributed by atoms with Gasteiger partial charge in [0.05, 0.1) is 12.5 Å². The average molecular weight is 503 g/mol. The van der Waals surface area contributed by atoms with Crippen LogP contribution in [0.4, 0.5) is 0 Å². The van der Waals surface area contributed by atoms with E-state index in [1.807, 2.05) is 0 Å².